The monoisotopic (exact) mass is 422 g/mol. The van der Waals surface area contributed by atoms with Crippen molar-refractivity contribution in [1.82, 2.24) is 0 Å². The topological polar surface area (TPSA) is 0 Å². The number of unbranched alkanes of at least 4 members (excludes halogenated alkanes) is 1. The highest BCUT2D eigenvalue weighted by Gasteiger charge is 2.44. The first-order valence-corrected chi connectivity index (χ1v) is 13.9. The lowest BCUT2D eigenvalue weighted by atomic mass is 10.1. The molecular weight excluding hydrogens is 388 g/mol. The van der Waals surface area contributed by atoms with Gasteiger partial charge in [0.15, 0.2) is 8.07 Å². The molecule has 0 heterocycles. The minimum absolute atomic E-state index is 1.07. The molecule has 0 bridgehead atoms. The Balaban J connectivity index is 1.98. The standard InChI is InChI=1S/C30H34Si/c1-3-5-14-25-21-23-29(24-22-25)31(27-16-8-6-9-17-27,28-18-10-7-11-19-28)30-20-12-15-26(30)13-4-2/h6-12,15-19,21-24H,3-5,13-14,20H2,1-2H3. The summed E-state index contributed by atoms with van der Waals surface area (Å²) in [5, 5.41) is 6.18. The van der Waals surface area contributed by atoms with Crippen molar-refractivity contribution in [2.75, 3.05) is 0 Å². The molecule has 0 nitrogen and oxygen atoms in total. The lowest BCUT2D eigenvalue weighted by Crippen LogP contribution is -2.68. The van der Waals surface area contributed by atoms with Crippen LogP contribution < -0.4 is 15.6 Å². The van der Waals surface area contributed by atoms with Gasteiger partial charge in [-0.1, -0.05) is 135 Å². The Morgan fingerprint density at radius 2 is 1.23 bits per heavy atom. The van der Waals surface area contributed by atoms with Crippen molar-refractivity contribution >= 4 is 23.6 Å². The molecule has 0 amide bonds. The number of hydrogen-bond donors (Lipinski definition) is 0. The Morgan fingerprint density at radius 3 is 1.77 bits per heavy atom. The van der Waals surface area contributed by atoms with E-state index >= 15 is 0 Å². The lowest BCUT2D eigenvalue weighted by molar-refractivity contribution is 0.795. The van der Waals surface area contributed by atoms with Crippen LogP contribution in [-0.2, 0) is 6.42 Å². The fourth-order valence-corrected chi connectivity index (χ4v) is 10.4. The Morgan fingerprint density at radius 1 is 0.645 bits per heavy atom. The van der Waals surface area contributed by atoms with Crippen LogP contribution in [0.3, 0.4) is 0 Å². The Labute approximate surface area is 189 Å². The summed E-state index contributed by atoms with van der Waals surface area (Å²) in [4.78, 5) is 0. The SMILES string of the molecule is CCCCc1ccc([Si](C2=C(CCC)C=CC2)(c2ccccc2)c2ccccc2)cc1. The van der Waals surface area contributed by atoms with E-state index in [4.69, 9.17) is 0 Å². The van der Waals surface area contributed by atoms with Crippen LogP contribution in [0.1, 0.15) is 51.5 Å². The van der Waals surface area contributed by atoms with E-state index in [2.05, 4.69) is 111 Å². The Bertz CT molecular complexity index is 987. The van der Waals surface area contributed by atoms with Gasteiger partial charge in [0.25, 0.3) is 0 Å². The summed E-state index contributed by atoms with van der Waals surface area (Å²) in [5.41, 5.74) is 3.03. The Hall–Kier alpha value is -2.64. The summed E-state index contributed by atoms with van der Waals surface area (Å²) in [7, 11) is -2.33. The van der Waals surface area contributed by atoms with Crippen molar-refractivity contribution in [2.45, 2.75) is 52.4 Å². The molecule has 0 unspecified atom stereocenters. The van der Waals surface area contributed by atoms with Gasteiger partial charge in [-0.15, -0.1) is 0 Å². The van der Waals surface area contributed by atoms with Gasteiger partial charge < -0.3 is 0 Å². The largest absolute Gasteiger partial charge is 0.176 e. The fraction of sp³-hybridized carbons (Fsp3) is 0.267. The molecule has 0 fully saturated rings. The molecule has 4 rings (SSSR count). The molecule has 0 spiro atoms. The Kier molecular flexibility index (Phi) is 7.04. The van der Waals surface area contributed by atoms with Crippen molar-refractivity contribution in [3.05, 3.63) is 113 Å². The van der Waals surface area contributed by atoms with Crippen molar-refractivity contribution in [3.8, 4) is 0 Å². The summed E-state index contributed by atoms with van der Waals surface area (Å²) in [6.07, 6.45) is 11.9. The molecule has 0 radical (unpaired) electrons. The quantitative estimate of drug-likeness (QED) is 0.289. The van der Waals surface area contributed by atoms with Gasteiger partial charge in [-0.25, -0.2) is 0 Å². The van der Waals surface area contributed by atoms with E-state index in [0.717, 1.165) is 12.8 Å². The molecule has 0 saturated heterocycles. The van der Waals surface area contributed by atoms with Crippen LogP contribution in [0.2, 0.25) is 0 Å². The van der Waals surface area contributed by atoms with Crippen LogP contribution >= 0.6 is 0 Å². The van der Waals surface area contributed by atoms with Crippen molar-refractivity contribution < 1.29 is 0 Å². The summed E-state index contributed by atoms with van der Waals surface area (Å²) < 4.78 is 0. The molecule has 0 saturated carbocycles. The van der Waals surface area contributed by atoms with Crippen molar-refractivity contribution in [2.24, 2.45) is 0 Å². The zero-order valence-corrected chi connectivity index (χ0v) is 20.0. The molecule has 0 aliphatic heterocycles. The molecule has 1 aliphatic rings. The molecule has 158 valence electrons. The van der Waals surface area contributed by atoms with Crippen LogP contribution in [-0.4, -0.2) is 8.07 Å². The molecule has 0 aromatic heterocycles. The van der Waals surface area contributed by atoms with Gasteiger partial charge in [0, 0.05) is 0 Å². The van der Waals surface area contributed by atoms with E-state index < -0.39 is 8.07 Å². The van der Waals surface area contributed by atoms with Gasteiger partial charge in [-0.2, -0.15) is 0 Å². The van der Waals surface area contributed by atoms with Crippen LogP contribution in [0, 0.1) is 0 Å². The molecule has 1 aliphatic carbocycles. The highest BCUT2D eigenvalue weighted by Crippen LogP contribution is 2.31. The minimum Gasteiger partial charge on any atom is -0.0805 e. The molecule has 0 N–H and O–H groups in total. The second-order valence-electron chi connectivity index (χ2n) is 8.64. The molecular formula is C30H34Si. The molecule has 3 aromatic carbocycles. The van der Waals surface area contributed by atoms with E-state index in [1.54, 1.807) is 10.8 Å². The van der Waals surface area contributed by atoms with Gasteiger partial charge in [0.05, 0.1) is 0 Å². The average Bonchev–Trinajstić information content (AvgIpc) is 3.29. The zero-order chi connectivity index (χ0) is 21.5. The number of hydrogen-bond acceptors (Lipinski definition) is 0. The van der Waals surface area contributed by atoms with Crippen LogP contribution in [0.4, 0.5) is 0 Å². The second kappa shape index (κ2) is 10.1. The average molecular weight is 423 g/mol. The highest BCUT2D eigenvalue weighted by atomic mass is 28.3. The first-order chi connectivity index (χ1) is 15.3. The molecule has 31 heavy (non-hydrogen) atoms. The number of aryl methyl sites for hydroxylation is 1. The second-order valence-corrected chi connectivity index (χ2v) is 12.5. The maximum Gasteiger partial charge on any atom is 0.176 e. The normalized spacial score (nSPS) is 13.7. The number of benzene rings is 3. The summed E-state index contributed by atoms with van der Waals surface area (Å²) >= 11 is 0. The van der Waals surface area contributed by atoms with Gasteiger partial charge >= 0.3 is 0 Å². The van der Waals surface area contributed by atoms with E-state index in [1.165, 1.54) is 46.8 Å². The predicted molar refractivity (Wildman–Crippen MR) is 138 cm³/mol. The van der Waals surface area contributed by atoms with Crippen LogP contribution in [0.5, 0.6) is 0 Å². The van der Waals surface area contributed by atoms with E-state index in [9.17, 15) is 0 Å². The number of allylic oxidation sites excluding steroid dienone is 4. The summed E-state index contributed by atoms with van der Waals surface area (Å²) in [6.45, 7) is 4.57. The maximum absolute atomic E-state index is 2.45. The van der Waals surface area contributed by atoms with E-state index in [1.807, 2.05) is 0 Å². The third-order valence-electron chi connectivity index (χ3n) is 6.62. The van der Waals surface area contributed by atoms with E-state index in [-0.39, 0.29) is 0 Å². The van der Waals surface area contributed by atoms with Gasteiger partial charge in [0.2, 0.25) is 0 Å². The van der Waals surface area contributed by atoms with Gasteiger partial charge in [-0.05, 0) is 46.8 Å². The first kappa shape index (κ1) is 21.6. The van der Waals surface area contributed by atoms with Crippen LogP contribution in [0.15, 0.2) is 108 Å². The third kappa shape index (κ3) is 4.25. The van der Waals surface area contributed by atoms with Gasteiger partial charge in [-0.3, -0.25) is 0 Å². The van der Waals surface area contributed by atoms with Crippen molar-refractivity contribution in [1.29, 1.82) is 0 Å². The smallest absolute Gasteiger partial charge is 0.0805 e. The van der Waals surface area contributed by atoms with Crippen LogP contribution in [0.25, 0.3) is 0 Å². The van der Waals surface area contributed by atoms with Crippen molar-refractivity contribution in [3.63, 3.8) is 0 Å². The molecule has 1 heteroatoms. The molecule has 3 aromatic rings. The van der Waals surface area contributed by atoms with E-state index in [0.29, 0.717) is 0 Å². The zero-order valence-electron chi connectivity index (χ0n) is 19.0. The number of rotatable bonds is 9. The predicted octanol–water partition coefficient (Wildman–Crippen LogP) is 6.10. The highest BCUT2D eigenvalue weighted by molar-refractivity contribution is 7.16. The third-order valence-corrected chi connectivity index (χ3v) is 11.6. The molecule has 0 atom stereocenters. The maximum atomic E-state index is 2.45. The van der Waals surface area contributed by atoms with Gasteiger partial charge in [0.1, 0.15) is 0 Å². The summed E-state index contributed by atoms with van der Waals surface area (Å²) in [6, 6.07) is 32.4. The summed E-state index contributed by atoms with van der Waals surface area (Å²) in [5.74, 6) is 0. The minimum atomic E-state index is -2.33. The lowest BCUT2D eigenvalue weighted by Gasteiger charge is -2.36. The first-order valence-electron chi connectivity index (χ1n) is 11.9. The fourth-order valence-electron chi connectivity index (χ4n) is 5.15.